The van der Waals surface area contributed by atoms with Crippen LogP contribution in [0.1, 0.15) is 54.4 Å². The first-order valence-corrected chi connectivity index (χ1v) is 6.23. The van der Waals surface area contributed by atoms with Gasteiger partial charge in [-0.1, -0.05) is 41.0 Å². The summed E-state index contributed by atoms with van der Waals surface area (Å²) >= 11 is 0. The molecule has 0 saturated heterocycles. The van der Waals surface area contributed by atoms with E-state index >= 15 is 0 Å². The molecule has 3 heteroatoms. The zero-order valence-electron chi connectivity index (χ0n) is 11.6. The Bertz CT molecular complexity index is 220. The number of hydrogen-bond donors (Lipinski definition) is 2. The lowest BCUT2D eigenvalue weighted by Crippen LogP contribution is -2.43. The minimum Gasteiger partial charge on any atom is -0.353 e. The first-order valence-electron chi connectivity index (χ1n) is 6.23. The Morgan fingerprint density at radius 3 is 2.19 bits per heavy atom. The van der Waals surface area contributed by atoms with Crippen molar-refractivity contribution in [1.82, 2.24) is 5.32 Å². The lowest BCUT2D eigenvalue weighted by molar-refractivity contribution is -0.122. The SMILES string of the molecule is CCC(C)C(C)NC(=O)CC(N)C(C)(C)C. The topological polar surface area (TPSA) is 55.1 Å². The van der Waals surface area contributed by atoms with E-state index in [1.54, 1.807) is 0 Å². The quantitative estimate of drug-likeness (QED) is 0.758. The smallest absolute Gasteiger partial charge is 0.221 e. The summed E-state index contributed by atoms with van der Waals surface area (Å²) < 4.78 is 0. The molecule has 0 heterocycles. The lowest BCUT2D eigenvalue weighted by Gasteiger charge is -2.27. The summed E-state index contributed by atoms with van der Waals surface area (Å²) in [7, 11) is 0. The molecule has 0 aromatic rings. The van der Waals surface area contributed by atoms with Crippen LogP contribution in [0.5, 0.6) is 0 Å². The van der Waals surface area contributed by atoms with Gasteiger partial charge < -0.3 is 11.1 Å². The molecule has 0 radical (unpaired) electrons. The molecule has 0 bridgehead atoms. The number of amides is 1. The van der Waals surface area contributed by atoms with Crippen molar-refractivity contribution in [3.8, 4) is 0 Å². The van der Waals surface area contributed by atoms with Crippen molar-refractivity contribution in [2.75, 3.05) is 0 Å². The number of carbonyl (C=O) groups is 1. The van der Waals surface area contributed by atoms with Crippen LogP contribution < -0.4 is 11.1 Å². The Kier molecular flexibility index (Phi) is 6.01. The van der Waals surface area contributed by atoms with E-state index in [4.69, 9.17) is 5.73 Å². The van der Waals surface area contributed by atoms with Crippen molar-refractivity contribution < 1.29 is 4.79 Å². The van der Waals surface area contributed by atoms with Crippen LogP contribution in [0.2, 0.25) is 0 Å². The van der Waals surface area contributed by atoms with Gasteiger partial charge in [0.15, 0.2) is 0 Å². The van der Waals surface area contributed by atoms with Gasteiger partial charge in [-0.25, -0.2) is 0 Å². The fourth-order valence-corrected chi connectivity index (χ4v) is 1.31. The van der Waals surface area contributed by atoms with E-state index in [1.165, 1.54) is 0 Å². The molecule has 3 unspecified atom stereocenters. The average molecular weight is 228 g/mol. The van der Waals surface area contributed by atoms with Crippen molar-refractivity contribution in [2.24, 2.45) is 17.1 Å². The summed E-state index contributed by atoms with van der Waals surface area (Å²) in [6.07, 6.45) is 1.48. The molecular weight excluding hydrogens is 200 g/mol. The van der Waals surface area contributed by atoms with E-state index in [-0.39, 0.29) is 23.4 Å². The van der Waals surface area contributed by atoms with Crippen LogP contribution in [0.15, 0.2) is 0 Å². The van der Waals surface area contributed by atoms with E-state index in [1.807, 2.05) is 0 Å². The van der Waals surface area contributed by atoms with Gasteiger partial charge in [-0.2, -0.15) is 0 Å². The molecule has 0 aromatic carbocycles. The number of nitrogens with two attached hydrogens (primary N) is 1. The highest BCUT2D eigenvalue weighted by atomic mass is 16.1. The molecule has 0 fully saturated rings. The molecule has 3 atom stereocenters. The molecule has 96 valence electrons. The summed E-state index contributed by atoms with van der Waals surface area (Å²) in [5.41, 5.74) is 5.96. The number of nitrogens with one attached hydrogen (secondary N) is 1. The molecule has 0 aliphatic rings. The van der Waals surface area contributed by atoms with Crippen LogP contribution in [0.4, 0.5) is 0 Å². The van der Waals surface area contributed by atoms with Gasteiger partial charge in [0.2, 0.25) is 5.91 Å². The monoisotopic (exact) mass is 228 g/mol. The van der Waals surface area contributed by atoms with Crippen LogP contribution in [0.25, 0.3) is 0 Å². The van der Waals surface area contributed by atoms with E-state index in [2.05, 4.69) is 46.9 Å². The van der Waals surface area contributed by atoms with Gasteiger partial charge in [-0.05, 0) is 18.3 Å². The lowest BCUT2D eigenvalue weighted by atomic mass is 9.85. The molecule has 0 aromatic heterocycles. The fourth-order valence-electron chi connectivity index (χ4n) is 1.31. The van der Waals surface area contributed by atoms with E-state index in [0.29, 0.717) is 12.3 Å². The molecule has 16 heavy (non-hydrogen) atoms. The van der Waals surface area contributed by atoms with Crippen LogP contribution in [-0.2, 0) is 4.79 Å². The van der Waals surface area contributed by atoms with E-state index in [0.717, 1.165) is 6.42 Å². The highest BCUT2D eigenvalue weighted by Crippen LogP contribution is 2.19. The fraction of sp³-hybridized carbons (Fsp3) is 0.923. The predicted octanol–water partition coefficient (Wildman–Crippen LogP) is 2.30. The van der Waals surface area contributed by atoms with Gasteiger partial charge >= 0.3 is 0 Å². The number of hydrogen-bond acceptors (Lipinski definition) is 2. The third-order valence-electron chi connectivity index (χ3n) is 3.40. The summed E-state index contributed by atoms with van der Waals surface area (Å²) in [5, 5.41) is 3.01. The zero-order chi connectivity index (χ0) is 12.9. The van der Waals surface area contributed by atoms with Gasteiger partial charge in [0.05, 0.1) is 0 Å². The Labute approximate surface area is 100 Å². The molecule has 1 amide bonds. The third-order valence-corrected chi connectivity index (χ3v) is 3.40. The molecule has 3 N–H and O–H groups in total. The van der Waals surface area contributed by atoms with Crippen LogP contribution in [-0.4, -0.2) is 18.0 Å². The first kappa shape index (κ1) is 15.4. The highest BCUT2D eigenvalue weighted by molar-refractivity contribution is 5.76. The largest absolute Gasteiger partial charge is 0.353 e. The second kappa shape index (κ2) is 6.24. The maximum Gasteiger partial charge on any atom is 0.221 e. The molecule has 0 aliphatic carbocycles. The van der Waals surface area contributed by atoms with Crippen LogP contribution in [0.3, 0.4) is 0 Å². The van der Waals surface area contributed by atoms with E-state index in [9.17, 15) is 4.79 Å². The maximum absolute atomic E-state index is 11.7. The highest BCUT2D eigenvalue weighted by Gasteiger charge is 2.24. The first-order chi connectivity index (χ1) is 7.18. The van der Waals surface area contributed by atoms with Crippen LogP contribution >= 0.6 is 0 Å². The summed E-state index contributed by atoms with van der Waals surface area (Å²) in [5.74, 6) is 0.574. The molecule has 0 rings (SSSR count). The minimum atomic E-state index is -0.0865. The van der Waals surface area contributed by atoms with E-state index < -0.39 is 0 Å². The second-order valence-electron chi connectivity index (χ2n) is 5.92. The Hall–Kier alpha value is -0.570. The Morgan fingerprint density at radius 2 is 1.81 bits per heavy atom. The normalized spacial score (nSPS) is 17.7. The average Bonchev–Trinajstić information content (AvgIpc) is 2.14. The van der Waals surface area contributed by atoms with Crippen molar-refractivity contribution >= 4 is 5.91 Å². The Balaban J connectivity index is 4.09. The second-order valence-corrected chi connectivity index (χ2v) is 5.92. The predicted molar refractivity (Wildman–Crippen MR) is 69.1 cm³/mol. The van der Waals surface area contributed by atoms with Gasteiger partial charge in [0.25, 0.3) is 0 Å². The van der Waals surface area contributed by atoms with Crippen molar-refractivity contribution in [3.63, 3.8) is 0 Å². The molecule has 0 aliphatic heterocycles. The molecular formula is C13H28N2O. The molecule has 3 nitrogen and oxygen atoms in total. The van der Waals surface area contributed by atoms with Crippen molar-refractivity contribution in [3.05, 3.63) is 0 Å². The van der Waals surface area contributed by atoms with Gasteiger partial charge in [-0.3, -0.25) is 4.79 Å². The molecule has 0 spiro atoms. The van der Waals surface area contributed by atoms with Gasteiger partial charge in [0, 0.05) is 18.5 Å². The molecule has 0 saturated carbocycles. The standard InChI is InChI=1S/C13H28N2O/c1-7-9(2)10(3)15-12(16)8-11(14)13(4,5)6/h9-11H,7-8,14H2,1-6H3,(H,15,16). The maximum atomic E-state index is 11.7. The number of carbonyl (C=O) groups excluding carboxylic acids is 1. The minimum absolute atomic E-state index is 0.0169. The van der Waals surface area contributed by atoms with Gasteiger partial charge in [0.1, 0.15) is 0 Å². The number of rotatable bonds is 5. The Morgan fingerprint density at radius 1 is 1.31 bits per heavy atom. The van der Waals surface area contributed by atoms with Crippen LogP contribution in [0, 0.1) is 11.3 Å². The van der Waals surface area contributed by atoms with Crippen molar-refractivity contribution in [1.29, 1.82) is 0 Å². The van der Waals surface area contributed by atoms with Gasteiger partial charge in [-0.15, -0.1) is 0 Å². The summed E-state index contributed by atoms with van der Waals surface area (Å²) in [6, 6.07) is 0.140. The summed E-state index contributed by atoms with van der Waals surface area (Å²) in [4.78, 5) is 11.7. The van der Waals surface area contributed by atoms with Crippen molar-refractivity contribution in [2.45, 2.75) is 66.5 Å². The zero-order valence-corrected chi connectivity index (χ0v) is 11.6. The third kappa shape index (κ3) is 5.50. The summed E-state index contributed by atoms with van der Waals surface area (Å²) in [6.45, 7) is 12.5.